The Morgan fingerprint density at radius 1 is 1.62 bits per heavy atom. The predicted octanol–water partition coefficient (Wildman–Crippen LogP) is 0.586. The molecule has 0 atom stereocenters. The van der Waals surface area contributed by atoms with Gasteiger partial charge in [0.15, 0.2) is 0 Å². The molecule has 0 aliphatic carbocycles. The first kappa shape index (κ1) is 11.9. The van der Waals surface area contributed by atoms with Crippen molar-refractivity contribution in [1.82, 2.24) is 14.7 Å². The molecule has 16 heavy (non-hydrogen) atoms. The van der Waals surface area contributed by atoms with Crippen molar-refractivity contribution >= 4 is 11.5 Å². The summed E-state index contributed by atoms with van der Waals surface area (Å²) in [4.78, 5) is 23.3. The van der Waals surface area contributed by atoms with E-state index in [4.69, 9.17) is 0 Å². The Morgan fingerprint density at radius 3 is 2.75 bits per heavy atom. The summed E-state index contributed by atoms with van der Waals surface area (Å²) < 4.78 is 1.24. The Hall–Kier alpha value is -2.18. The van der Waals surface area contributed by atoms with Crippen molar-refractivity contribution in [2.75, 3.05) is 14.1 Å². The number of ketones is 1. The second kappa shape index (κ2) is 4.56. The summed E-state index contributed by atoms with van der Waals surface area (Å²) in [7, 11) is 5.02. The minimum absolute atomic E-state index is 0.148. The van der Waals surface area contributed by atoms with Gasteiger partial charge >= 0.3 is 5.69 Å². The molecular weight excluding hydrogens is 212 g/mol. The first-order valence-corrected chi connectivity index (χ1v) is 4.49. The summed E-state index contributed by atoms with van der Waals surface area (Å²) in [6, 6.07) is 0. The Bertz CT molecular complexity index is 448. The van der Waals surface area contributed by atoms with Crippen LogP contribution in [0.5, 0.6) is 0 Å². The first-order chi connectivity index (χ1) is 7.41. The van der Waals surface area contributed by atoms with Crippen molar-refractivity contribution in [1.29, 1.82) is 0 Å². The maximum atomic E-state index is 11.6. The fraction of sp³-hybridized carbons (Fsp3) is 0.333. The number of aryl methyl sites for hydroxylation is 1. The highest BCUT2D eigenvalue weighted by atomic mass is 16.6. The van der Waals surface area contributed by atoms with Gasteiger partial charge in [-0.2, -0.15) is 5.10 Å². The molecule has 0 aliphatic heterocycles. The van der Waals surface area contributed by atoms with Crippen LogP contribution < -0.4 is 0 Å². The Balaban J connectivity index is 3.04. The van der Waals surface area contributed by atoms with Crippen molar-refractivity contribution in [3.63, 3.8) is 0 Å². The van der Waals surface area contributed by atoms with Crippen LogP contribution in [0.25, 0.3) is 0 Å². The third-order valence-electron chi connectivity index (χ3n) is 1.76. The van der Waals surface area contributed by atoms with E-state index in [0.717, 1.165) is 0 Å². The Kier molecular flexibility index (Phi) is 3.39. The molecule has 0 saturated carbocycles. The van der Waals surface area contributed by atoms with Gasteiger partial charge in [0.2, 0.25) is 11.5 Å². The van der Waals surface area contributed by atoms with Crippen LogP contribution in [0.1, 0.15) is 10.5 Å². The molecule has 0 fully saturated rings. The van der Waals surface area contributed by atoms with Crippen molar-refractivity contribution in [2.24, 2.45) is 7.05 Å². The smallest absolute Gasteiger partial charge is 0.318 e. The van der Waals surface area contributed by atoms with Crippen molar-refractivity contribution < 1.29 is 9.72 Å². The SMILES string of the molecule is CN(C)C=CC(=O)c1nn(C)cc1[N+](=O)[O-]. The van der Waals surface area contributed by atoms with E-state index in [1.165, 1.54) is 30.2 Å². The molecule has 0 spiro atoms. The van der Waals surface area contributed by atoms with Gasteiger partial charge in [-0.15, -0.1) is 0 Å². The van der Waals surface area contributed by atoms with E-state index in [-0.39, 0.29) is 11.4 Å². The number of carbonyl (C=O) groups is 1. The summed E-state index contributed by atoms with van der Waals surface area (Å²) in [5.74, 6) is -0.485. The van der Waals surface area contributed by atoms with E-state index in [1.54, 1.807) is 19.0 Å². The van der Waals surface area contributed by atoms with Crippen LogP contribution in [0.15, 0.2) is 18.5 Å². The number of nitro groups is 1. The number of rotatable bonds is 4. The zero-order valence-corrected chi connectivity index (χ0v) is 9.25. The van der Waals surface area contributed by atoms with Gasteiger partial charge in [-0.05, 0) is 0 Å². The van der Waals surface area contributed by atoms with Crippen LogP contribution in [0.4, 0.5) is 5.69 Å². The normalized spacial score (nSPS) is 10.7. The fourth-order valence-electron chi connectivity index (χ4n) is 1.08. The zero-order valence-electron chi connectivity index (χ0n) is 9.25. The van der Waals surface area contributed by atoms with Crippen molar-refractivity contribution in [3.8, 4) is 0 Å². The second-order valence-corrected chi connectivity index (χ2v) is 3.44. The fourth-order valence-corrected chi connectivity index (χ4v) is 1.08. The summed E-state index contributed by atoms with van der Waals surface area (Å²) in [6.07, 6.45) is 3.97. The average Bonchev–Trinajstić information content (AvgIpc) is 2.56. The molecule has 0 N–H and O–H groups in total. The minimum atomic E-state index is -0.621. The third-order valence-corrected chi connectivity index (χ3v) is 1.76. The molecule has 0 amide bonds. The zero-order chi connectivity index (χ0) is 12.3. The van der Waals surface area contributed by atoms with E-state index in [9.17, 15) is 14.9 Å². The Labute approximate surface area is 92.1 Å². The first-order valence-electron chi connectivity index (χ1n) is 4.49. The quantitative estimate of drug-likeness (QED) is 0.323. The maximum absolute atomic E-state index is 11.6. The lowest BCUT2D eigenvalue weighted by molar-refractivity contribution is -0.385. The summed E-state index contributed by atoms with van der Waals surface area (Å²) >= 11 is 0. The lowest BCUT2D eigenvalue weighted by atomic mass is 10.2. The predicted molar refractivity (Wildman–Crippen MR) is 57.0 cm³/mol. The van der Waals surface area contributed by atoms with Crippen LogP contribution in [-0.2, 0) is 7.05 Å². The summed E-state index contributed by atoms with van der Waals surface area (Å²) in [5.41, 5.74) is -0.429. The lowest BCUT2D eigenvalue weighted by Crippen LogP contribution is -2.05. The van der Waals surface area contributed by atoms with E-state index in [2.05, 4.69) is 5.10 Å². The van der Waals surface area contributed by atoms with Crippen molar-refractivity contribution in [2.45, 2.75) is 0 Å². The molecule has 1 aromatic rings. The van der Waals surface area contributed by atoms with Gasteiger partial charge in [0, 0.05) is 33.4 Å². The molecule has 0 saturated heterocycles. The van der Waals surface area contributed by atoms with Crippen LogP contribution in [0.3, 0.4) is 0 Å². The van der Waals surface area contributed by atoms with Gasteiger partial charge in [-0.3, -0.25) is 19.6 Å². The van der Waals surface area contributed by atoms with E-state index < -0.39 is 10.7 Å². The minimum Gasteiger partial charge on any atom is -0.383 e. The molecule has 1 heterocycles. The molecule has 7 heteroatoms. The largest absolute Gasteiger partial charge is 0.383 e. The van der Waals surface area contributed by atoms with E-state index >= 15 is 0 Å². The van der Waals surface area contributed by atoms with Crippen LogP contribution >= 0.6 is 0 Å². The standard InChI is InChI=1S/C9H12N4O3/c1-11(2)5-4-8(14)9-7(13(15)16)6-12(3)10-9/h4-6H,1-3H3. The van der Waals surface area contributed by atoms with Gasteiger partial charge < -0.3 is 4.90 Å². The third kappa shape index (κ3) is 2.66. The van der Waals surface area contributed by atoms with Gasteiger partial charge in [0.1, 0.15) is 6.20 Å². The lowest BCUT2D eigenvalue weighted by Gasteiger charge is -2.01. The van der Waals surface area contributed by atoms with Crippen LogP contribution in [0.2, 0.25) is 0 Å². The van der Waals surface area contributed by atoms with Crippen molar-refractivity contribution in [3.05, 3.63) is 34.3 Å². The van der Waals surface area contributed by atoms with E-state index in [0.29, 0.717) is 0 Å². The number of aromatic nitrogens is 2. The number of hydrogen-bond donors (Lipinski definition) is 0. The molecule has 0 bridgehead atoms. The van der Waals surface area contributed by atoms with Gasteiger partial charge in [-0.25, -0.2) is 0 Å². The Morgan fingerprint density at radius 2 is 2.25 bits per heavy atom. The topological polar surface area (TPSA) is 81.3 Å². The van der Waals surface area contributed by atoms with Crippen LogP contribution in [-0.4, -0.2) is 39.5 Å². The molecule has 0 aliphatic rings. The number of hydrogen-bond acceptors (Lipinski definition) is 5. The molecule has 0 unspecified atom stereocenters. The van der Waals surface area contributed by atoms with Gasteiger partial charge in [0.05, 0.1) is 4.92 Å². The number of carbonyl (C=O) groups excluding carboxylic acids is 1. The molecule has 1 rings (SSSR count). The highest BCUT2D eigenvalue weighted by molar-refractivity contribution is 6.05. The number of allylic oxidation sites excluding steroid dienone is 1. The second-order valence-electron chi connectivity index (χ2n) is 3.44. The molecule has 0 radical (unpaired) electrons. The molecule has 86 valence electrons. The molecule has 0 aromatic carbocycles. The van der Waals surface area contributed by atoms with Gasteiger partial charge in [0.25, 0.3) is 0 Å². The monoisotopic (exact) mass is 224 g/mol. The van der Waals surface area contributed by atoms with E-state index in [1.807, 2.05) is 0 Å². The summed E-state index contributed by atoms with van der Waals surface area (Å²) in [5, 5.41) is 14.4. The molecule has 1 aromatic heterocycles. The van der Waals surface area contributed by atoms with Crippen LogP contribution in [0, 0.1) is 10.1 Å². The summed E-state index contributed by atoms with van der Waals surface area (Å²) in [6.45, 7) is 0. The molecular formula is C9H12N4O3. The highest BCUT2D eigenvalue weighted by Crippen LogP contribution is 2.16. The van der Waals surface area contributed by atoms with Gasteiger partial charge in [-0.1, -0.05) is 0 Å². The number of nitrogens with zero attached hydrogens (tertiary/aromatic N) is 4. The maximum Gasteiger partial charge on any atom is 0.318 e. The molecule has 7 nitrogen and oxygen atoms in total. The highest BCUT2D eigenvalue weighted by Gasteiger charge is 2.22. The average molecular weight is 224 g/mol.